The van der Waals surface area contributed by atoms with Gasteiger partial charge in [0.2, 0.25) is 0 Å². The minimum atomic E-state index is 0.0462. The molecule has 0 saturated heterocycles. The third-order valence-corrected chi connectivity index (χ3v) is 3.15. The third-order valence-electron chi connectivity index (χ3n) is 3.15. The maximum absolute atomic E-state index is 12.2. The van der Waals surface area contributed by atoms with Gasteiger partial charge in [0.15, 0.2) is 0 Å². The average Bonchev–Trinajstić information content (AvgIpc) is 2.37. The highest BCUT2D eigenvalue weighted by Gasteiger charge is 2.07. The van der Waals surface area contributed by atoms with E-state index in [1.165, 1.54) is 0 Å². The summed E-state index contributed by atoms with van der Waals surface area (Å²) in [6, 6.07) is 2.32. The van der Waals surface area contributed by atoms with Crippen LogP contribution in [0.3, 0.4) is 0 Å². The van der Waals surface area contributed by atoms with Crippen LogP contribution in [0.25, 0.3) is 0 Å². The Morgan fingerprint density at radius 2 is 2.17 bits per heavy atom. The number of nitrogens with zero attached hydrogens (tertiary/aromatic N) is 2. The quantitative estimate of drug-likeness (QED) is 0.808. The van der Waals surface area contributed by atoms with E-state index in [1.807, 2.05) is 13.0 Å². The lowest BCUT2D eigenvalue weighted by molar-refractivity contribution is 0.507. The van der Waals surface area contributed by atoms with E-state index in [0.29, 0.717) is 19.1 Å². The Balaban J connectivity index is 2.84. The van der Waals surface area contributed by atoms with Crippen molar-refractivity contribution in [3.8, 4) is 0 Å². The molecule has 0 bridgehead atoms. The Bertz CT molecular complexity index is 426. The molecule has 1 unspecified atom stereocenters. The fourth-order valence-corrected chi connectivity index (χ4v) is 1.76. The van der Waals surface area contributed by atoms with Gasteiger partial charge in [-0.2, -0.15) is 5.10 Å². The lowest BCUT2D eigenvalue weighted by Gasteiger charge is -2.12. The molecule has 1 aromatic rings. The number of rotatable bonds is 7. The molecule has 0 saturated carbocycles. The van der Waals surface area contributed by atoms with E-state index in [2.05, 4.69) is 31.2 Å². The Morgan fingerprint density at radius 3 is 2.78 bits per heavy atom. The van der Waals surface area contributed by atoms with Crippen molar-refractivity contribution < 1.29 is 0 Å². The molecule has 0 spiro atoms. The second-order valence-corrected chi connectivity index (χ2v) is 4.88. The molecule has 4 nitrogen and oxygen atoms in total. The summed E-state index contributed by atoms with van der Waals surface area (Å²) in [6.07, 6.45) is 3.13. The normalized spacial score (nSPS) is 12.7. The van der Waals surface area contributed by atoms with Gasteiger partial charge >= 0.3 is 0 Å². The zero-order chi connectivity index (χ0) is 13.5. The molecule has 0 fully saturated rings. The molecule has 1 rings (SSSR count). The van der Waals surface area contributed by atoms with E-state index < -0.39 is 0 Å². The van der Waals surface area contributed by atoms with Crippen LogP contribution in [0.1, 0.15) is 51.3 Å². The first-order chi connectivity index (χ1) is 8.58. The van der Waals surface area contributed by atoms with Crippen LogP contribution in [-0.4, -0.2) is 15.8 Å². The predicted molar refractivity (Wildman–Crippen MR) is 74.7 cm³/mol. The van der Waals surface area contributed by atoms with Crippen LogP contribution in [0.5, 0.6) is 0 Å². The van der Waals surface area contributed by atoms with Gasteiger partial charge in [0, 0.05) is 24.7 Å². The minimum absolute atomic E-state index is 0.0462. The molecule has 1 heterocycles. The van der Waals surface area contributed by atoms with Crippen LogP contribution in [0.15, 0.2) is 10.9 Å². The Kier molecular flexibility index (Phi) is 6.05. The van der Waals surface area contributed by atoms with Crippen LogP contribution in [0.4, 0.5) is 0 Å². The highest BCUT2D eigenvalue weighted by atomic mass is 16.1. The minimum Gasteiger partial charge on any atom is -0.310 e. The standard InChI is InChI=1S/C14H25N3O/c1-5-7-8-17-14(18)13(9-12(4)16-17)10-15-11(3)6-2/h9,11,15H,5-8,10H2,1-4H3. The van der Waals surface area contributed by atoms with Crippen LogP contribution in [0, 0.1) is 6.92 Å². The number of hydrogen-bond acceptors (Lipinski definition) is 3. The molecule has 0 amide bonds. The Morgan fingerprint density at radius 1 is 1.44 bits per heavy atom. The lowest BCUT2D eigenvalue weighted by Crippen LogP contribution is -2.32. The zero-order valence-corrected chi connectivity index (χ0v) is 12.0. The first-order valence-electron chi connectivity index (χ1n) is 6.89. The van der Waals surface area contributed by atoms with Gasteiger partial charge in [0.25, 0.3) is 5.56 Å². The maximum Gasteiger partial charge on any atom is 0.271 e. The highest BCUT2D eigenvalue weighted by molar-refractivity contribution is 5.12. The van der Waals surface area contributed by atoms with Crippen molar-refractivity contribution in [2.45, 2.75) is 66.1 Å². The van der Waals surface area contributed by atoms with Gasteiger partial charge in [-0.15, -0.1) is 0 Å². The number of unbranched alkanes of at least 4 members (excludes halogenated alkanes) is 1. The zero-order valence-electron chi connectivity index (χ0n) is 12.0. The first-order valence-corrected chi connectivity index (χ1v) is 6.89. The smallest absolute Gasteiger partial charge is 0.271 e. The van der Waals surface area contributed by atoms with Crippen LogP contribution in [0.2, 0.25) is 0 Å². The summed E-state index contributed by atoms with van der Waals surface area (Å²) in [7, 11) is 0. The van der Waals surface area contributed by atoms with E-state index >= 15 is 0 Å². The molecule has 0 aliphatic heterocycles. The summed E-state index contributed by atoms with van der Waals surface area (Å²) in [5, 5.41) is 7.65. The lowest BCUT2D eigenvalue weighted by atomic mass is 10.2. The summed E-state index contributed by atoms with van der Waals surface area (Å²) in [5.41, 5.74) is 1.77. The van der Waals surface area contributed by atoms with Crippen molar-refractivity contribution in [1.29, 1.82) is 0 Å². The van der Waals surface area contributed by atoms with E-state index in [4.69, 9.17) is 0 Å². The van der Waals surface area contributed by atoms with Crippen molar-refractivity contribution >= 4 is 0 Å². The predicted octanol–water partition coefficient (Wildman–Crippen LogP) is 2.24. The molecule has 0 aliphatic rings. The Labute approximate surface area is 109 Å². The molecular formula is C14H25N3O. The van der Waals surface area contributed by atoms with E-state index in [0.717, 1.165) is 30.5 Å². The molecule has 0 aromatic carbocycles. The summed E-state index contributed by atoms with van der Waals surface area (Å²) in [6.45, 7) is 9.66. The largest absolute Gasteiger partial charge is 0.310 e. The molecule has 18 heavy (non-hydrogen) atoms. The average molecular weight is 251 g/mol. The molecule has 4 heteroatoms. The maximum atomic E-state index is 12.2. The first kappa shape index (κ1) is 14.9. The van der Waals surface area contributed by atoms with Gasteiger partial charge < -0.3 is 5.32 Å². The van der Waals surface area contributed by atoms with Gasteiger partial charge in [-0.3, -0.25) is 4.79 Å². The van der Waals surface area contributed by atoms with Crippen LogP contribution >= 0.6 is 0 Å². The van der Waals surface area contributed by atoms with Gasteiger partial charge in [0.1, 0.15) is 0 Å². The molecule has 1 aromatic heterocycles. The Hall–Kier alpha value is -1.16. The van der Waals surface area contributed by atoms with Crippen LogP contribution < -0.4 is 10.9 Å². The van der Waals surface area contributed by atoms with Crippen molar-refractivity contribution in [2.24, 2.45) is 0 Å². The molecule has 0 radical (unpaired) electrons. The fourth-order valence-electron chi connectivity index (χ4n) is 1.76. The second kappa shape index (κ2) is 7.31. The summed E-state index contributed by atoms with van der Waals surface area (Å²) in [4.78, 5) is 12.2. The van der Waals surface area contributed by atoms with E-state index in [1.54, 1.807) is 4.68 Å². The van der Waals surface area contributed by atoms with Gasteiger partial charge in [0.05, 0.1) is 5.69 Å². The van der Waals surface area contributed by atoms with E-state index in [-0.39, 0.29) is 5.56 Å². The molecule has 0 aliphatic carbocycles. The molecule has 1 N–H and O–H groups in total. The topological polar surface area (TPSA) is 46.9 Å². The number of aryl methyl sites for hydroxylation is 2. The molecule has 102 valence electrons. The van der Waals surface area contributed by atoms with Crippen molar-refractivity contribution in [3.63, 3.8) is 0 Å². The summed E-state index contributed by atoms with van der Waals surface area (Å²) in [5.74, 6) is 0. The van der Waals surface area contributed by atoms with Crippen LogP contribution in [-0.2, 0) is 13.1 Å². The summed E-state index contributed by atoms with van der Waals surface area (Å²) < 4.78 is 1.60. The van der Waals surface area contributed by atoms with Crippen molar-refractivity contribution in [2.75, 3.05) is 0 Å². The SMILES string of the molecule is CCCCn1nc(C)cc(CNC(C)CC)c1=O. The van der Waals surface area contributed by atoms with Crippen molar-refractivity contribution in [3.05, 3.63) is 27.7 Å². The van der Waals surface area contributed by atoms with Gasteiger partial charge in [-0.1, -0.05) is 20.3 Å². The van der Waals surface area contributed by atoms with Gasteiger partial charge in [-0.05, 0) is 32.8 Å². The summed E-state index contributed by atoms with van der Waals surface area (Å²) >= 11 is 0. The molecule has 1 atom stereocenters. The molecular weight excluding hydrogens is 226 g/mol. The van der Waals surface area contributed by atoms with Crippen molar-refractivity contribution in [1.82, 2.24) is 15.1 Å². The fraction of sp³-hybridized carbons (Fsp3) is 0.714. The monoisotopic (exact) mass is 251 g/mol. The third kappa shape index (κ3) is 4.26. The van der Waals surface area contributed by atoms with Gasteiger partial charge in [-0.25, -0.2) is 4.68 Å². The number of aromatic nitrogens is 2. The number of nitrogens with one attached hydrogen (secondary N) is 1. The highest BCUT2D eigenvalue weighted by Crippen LogP contribution is 1.99. The second-order valence-electron chi connectivity index (χ2n) is 4.88. The van der Waals surface area contributed by atoms with E-state index in [9.17, 15) is 4.79 Å². The number of hydrogen-bond donors (Lipinski definition) is 1.